The molecule has 0 N–H and O–H groups in total. The monoisotopic (exact) mass is 454 g/mol. The third-order valence-corrected chi connectivity index (χ3v) is 5.71. The van der Waals surface area contributed by atoms with Gasteiger partial charge in [0.15, 0.2) is 0 Å². The first-order valence-electron chi connectivity index (χ1n) is 11.1. The van der Waals surface area contributed by atoms with Crippen molar-refractivity contribution in [1.82, 2.24) is 24.6 Å². The smallest absolute Gasteiger partial charge is 0.246 e. The fraction of sp³-hybridized carbons (Fsp3) is 0.154. The number of benzene rings is 2. The van der Waals surface area contributed by atoms with Crippen LogP contribution in [0.3, 0.4) is 0 Å². The number of aromatic nitrogens is 4. The van der Waals surface area contributed by atoms with Gasteiger partial charge in [0.1, 0.15) is 5.82 Å². The van der Waals surface area contributed by atoms with E-state index in [1.807, 2.05) is 41.4 Å². The van der Waals surface area contributed by atoms with Crippen LogP contribution in [0.25, 0.3) is 23.0 Å². The second kappa shape index (κ2) is 9.66. The summed E-state index contributed by atoms with van der Waals surface area (Å²) in [6.45, 7) is 2.54. The molecule has 34 heavy (non-hydrogen) atoms. The van der Waals surface area contributed by atoms with E-state index in [4.69, 9.17) is 5.10 Å². The third-order valence-electron chi connectivity index (χ3n) is 5.71. The van der Waals surface area contributed by atoms with Crippen LogP contribution in [0.1, 0.15) is 5.56 Å². The standard InChI is InChI=1S/C26H23FN6O/c27-22-10-7-20(8-11-22)25-21(19-33(30-25)23-5-2-1-3-6-23)9-12-24(34)31-15-17-32(18-16-31)26-28-13-4-14-29-26/h1-14,19H,15-18H2/b12-9+. The van der Waals surface area contributed by atoms with Gasteiger partial charge in [0.05, 0.1) is 11.4 Å². The minimum Gasteiger partial charge on any atom is -0.337 e. The molecule has 170 valence electrons. The van der Waals surface area contributed by atoms with Gasteiger partial charge in [-0.05, 0) is 48.5 Å². The van der Waals surface area contributed by atoms with Gasteiger partial charge in [-0.2, -0.15) is 5.10 Å². The van der Waals surface area contributed by atoms with Crippen LogP contribution in [0, 0.1) is 5.82 Å². The van der Waals surface area contributed by atoms with Crippen LogP contribution in [-0.4, -0.2) is 56.7 Å². The summed E-state index contributed by atoms with van der Waals surface area (Å²) in [4.78, 5) is 25.4. The van der Waals surface area contributed by atoms with Gasteiger partial charge in [0.25, 0.3) is 0 Å². The number of hydrogen-bond donors (Lipinski definition) is 0. The highest BCUT2D eigenvalue weighted by atomic mass is 19.1. The number of nitrogens with zero attached hydrogens (tertiary/aromatic N) is 6. The lowest BCUT2D eigenvalue weighted by atomic mass is 10.1. The molecule has 3 heterocycles. The topological polar surface area (TPSA) is 67.2 Å². The van der Waals surface area contributed by atoms with Crippen molar-refractivity contribution in [1.29, 1.82) is 0 Å². The minimum absolute atomic E-state index is 0.0638. The quantitative estimate of drug-likeness (QED) is 0.429. The normalized spacial score (nSPS) is 14.0. The predicted molar refractivity (Wildman–Crippen MR) is 129 cm³/mol. The molecule has 1 aliphatic rings. The number of piperazine rings is 1. The fourth-order valence-electron chi connectivity index (χ4n) is 3.90. The van der Waals surface area contributed by atoms with E-state index in [0.29, 0.717) is 37.8 Å². The van der Waals surface area contributed by atoms with Crippen molar-refractivity contribution in [3.05, 3.63) is 96.7 Å². The van der Waals surface area contributed by atoms with Crippen molar-refractivity contribution in [3.63, 3.8) is 0 Å². The summed E-state index contributed by atoms with van der Waals surface area (Å²) in [5.41, 5.74) is 3.13. The second-order valence-corrected chi connectivity index (χ2v) is 7.91. The Kier molecular flexibility index (Phi) is 6.11. The van der Waals surface area contributed by atoms with Gasteiger partial charge >= 0.3 is 0 Å². The molecule has 0 unspecified atom stereocenters. The van der Waals surface area contributed by atoms with Crippen molar-refractivity contribution >= 4 is 17.9 Å². The molecule has 0 spiro atoms. The second-order valence-electron chi connectivity index (χ2n) is 7.91. The van der Waals surface area contributed by atoms with Gasteiger partial charge in [-0.3, -0.25) is 4.79 Å². The maximum atomic E-state index is 13.5. The number of carbonyl (C=O) groups excluding carboxylic acids is 1. The molecule has 4 aromatic rings. The van der Waals surface area contributed by atoms with E-state index in [1.54, 1.807) is 47.4 Å². The predicted octanol–water partition coefficient (Wildman–Crippen LogP) is 3.83. The number of hydrogen-bond acceptors (Lipinski definition) is 5. The summed E-state index contributed by atoms with van der Waals surface area (Å²) in [5, 5.41) is 4.71. The number of amides is 1. The zero-order valence-corrected chi connectivity index (χ0v) is 18.5. The first-order valence-corrected chi connectivity index (χ1v) is 11.1. The van der Waals surface area contributed by atoms with Crippen molar-refractivity contribution in [3.8, 4) is 16.9 Å². The Morgan fingerprint density at radius 2 is 1.59 bits per heavy atom. The van der Waals surface area contributed by atoms with Crippen molar-refractivity contribution in [2.75, 3.05) is 31.1 Å². The van der Waals surface area contributed by atoms with Crippen LogP contribution >= 0.6 is 0 Å². The first kappa shape index (κ1) is 21.5. The van der Waals surface area contributed by atoms with Crippen LogP contribution in [-0.2, 0) is 4.79 Å². The van der Waals surface area contributed by atoms with Crippen LogP contribution in [0.4, 0.5) is 10.3 Å². The van der Waals surface area contributed by atoms with E-state index < -0.39 is 0 Å². The van der Waals surface area contributed by atoms with Crippen LogP contribution in [0.2, 0.25) is 0 Å². The number of anilines is 1. The highest BCUT2D eigenvalue weighted by Crippen LogP contribution is 2.25. The molecule has 8 heteroatoms. The molecule has 0 atom stereocenters. The lowest BCUT2D eigenvalue weighted by Gasteiger charge is -2.34. The molecule has 1 saturated heterocycles. The highest BCUT2D eigenvalue weighted by Gasteiger charge is 2.21. The zero-order chi connectivity index (χ0) is 23.3. The number of carbonyl (C=O) groups is 1. The van der Waals surface area contributed by atoms with E-state index >= 15 is 0 Å². The highest BCUT2D eigenvalue weighted by molar-refractivity contribution is 5.93. The summed E-state index contributed by atoms with van der Waals surface area (Å²) < 4.78 is 15.2. The molecule has 2 aromatic heterocycles. The molecule has 1 amide bonds. The van der Waals surface area contributed by atoms with Gasteiger partial charge in [-0.1, -0.05) is 18.2 Å². The lowest BCUT2D eigenvalue weighted by Crippen LogP contribution is -2.48. The van der Waals surface area contributed by atoms with Gasteiger partial charge in [-0.25, -0.2) is 19.0 Å². The van der Waals surface area contributed by atoms with E-state index in [-0.39, 0.29) is 11.7 Å². The Balaban J connectivity index is 1.34. The average molecular weight is 455 g/mol. The van der Waals surface area contributed by atoms with Crippen LogP contribution in [0.5, 0.6) is 0 Å². The first-order chi connectivity index (χ1) is 16.7. The summed E-state index contributed by atoms with van der Waals surface area (Å²) >= 11 is 0. The number of para-hydroxylation sites is 1. The summed E-state index contributed by atoms with van der Waals surface area (Å²) in [7, 11) is 0. The molecule has 0 saturated carbocycles. The molecular weight excluding hydrogens is 431 g/mol. The van der Waals surface area contributed by atoms with Crippen molar-refractivity contribution < 1.29 is 9.18 Å². The molecule has 2 aromatic carbocycles. The SMILES string of the molecule is O=C(/C=C/c1cn(-c2ccccc2)nc1-c1ccc(F)cc1)N1CCN(c2ncccn2)CC1. The van der Waals surface area contributed by atoms with Crippen LogP contribution in [0.15, 0.2) is 85.3 Å². The molecule has 0 aliphatic carbocycles. The summed E-state index contributed by atoms with van der Waals surface area (Å²) in [6, 6.07) is 17.7. The van der Waals surface area contributed by atoms with Crippen molar-refractivity contribution in [2.45, 2.75) is 0 Å². The maximum absolute atomic E-state index is 13.5. The average Bonchev–Trinajstić information content (AvgIpc) is 3.33. The number of rotatable bonds is 5. The Hall–Kier alpha value is -4.33. The molecule has 7 nitrogen and oxygen atoms in total. The molecule has 1 aliphatic heterocycles. The van der Waals surface area contributed by atoms with E-state index in [2.05, 4.69) is 14.9 Å². The van der Waals surface area contributed by atoms with E-state index in [0.717, 1.165) is 16.8 Å². The fourth-order valence-corrected chi connectivity index (χ4v) is 3.90. The Labute approximate surface area is 196 Å². The summed E-state index contributed by atoms with van der Waals surface area (Å²) in [5.74, 6) is 0.312. The molecule has 1 fully saturated rings. The number of halogens is 1. The molecule has 0 radical (unpaired) electrons. The van der Waals surface area contributed by atoms with E-state index in [1.165, 1.54) is 12.1 Å². The Morgan fingerprint density at radius 1 is 0.882 bits per heavy atom. The Bertz CT molecular complexity index is 1280. The van der Waals surface area contributed by atoms with Gasteiger partial charge in [0, 0.05) is 62.0 Å². The molecular formula is C26H23FN6O. The zero-order valence-electron chi connectivity index (χ0n) is 18.5. The summed E-state index contributed by atoms with van der Waals surface area (Å²) in [6.07, 6.45) is 8.67. The molecule has 5 rings (SSSR count). The minimum atomic E-state index is -0.307. The Morgan fingerprint density at radius 3 is 2.29 bits per heavy atom. The molecule has 0 bridgehead atoms. The lowest BCUT2D eigenvalue weighted by molar-refractivity contribution is -0.126. The third kappa shape index (κ3) is 4.71. The maximum Gasteiger partial charge on any atom is 0.246 e. The van der Waals surface area contributed by atoms with Gasteiger partial charge in [-0.15, -0.1) is 0 Å². The van der Waals surface area contributed by atoms with Gasteiger partial charge in [0.2, 0.25) is 11.9 Å². The van der Waals surface area contributed by atoms with Crippen molar-refractivity contribution in [2.24, 2.45) is 0 Å². The largest absolute Gasteiger partial charge is 0.337 e. The van der Waals surface area contributed by atoms with E-state index in [9.17, 15) is 9.18 Å². The van der Waals surface area contributed by atoms with Gasteiger partial charge < -0.3 is 9.80 Å². The van der Waals surface area contributed by atoms with Crippen LogP contribution < -0.4 is 4.90 Å².